The molecular weight excluding hydrogens is 383 g/mol. The zero-order valence-corrected chi connectivity index (χ0v) is 15.2. The SMILES string of the molecule is O=C(O)CCC12CNCC1CN(S(=O)(=O)c1cc(Cl)c(Cl)s1)C2. The van der Waals surface area contributed by atoms with Crippen molar-refractivity contribution in [3.05, 3.63) is 15.4 Å². The van der Waals surface area contributed by atoms with Crippen LogP contribution in [0.4, 0.5) is 0 Å². The van der Waals surface area contributed by atoms with Gasteiger partial charge < -0.3 is 10.4 Å². The molecule has 0 aliphatic carbocycles. The van der Waals surface area contributed by atoms with E-state index in [4.69, 9.17) is 28.3 Å². The molecule has 2 aliphatic heterocycles. The van der Waals surface area contributed by atoms with Gasteiger partial charge in [-0.05, 0) is 24.9 Å². The number of carbonyl (C=O) groups is 1. The molecule has 3 heterocycles. The zero-order chi connectivity index (χ0) is 16.8. The number of carboxylic acid groups (broad SMARTS) is 1. The average molecular weight is 399 g/mol. The van der Waals surface area contributed by atoms with E-state index in [0.717, 1.165) is 11.3 Å². The van der Waals surface area contributed by atoms with Crippen LogP contribution in [0, 0.1) is 11.3 Å². The first-order valence-electron chi connectivity index (χ1n) is 7.12. The lowest BCUT2D eigenvalue weighted by molar-refractivity contribution is -0.137. The highest BCUT2D eigenvalue weighted by molar-refractivity contribution is 7.91. The number of thiophene rings is 1. The van der Waals surface area contributed by atoms with Gasteiger partial charge in [-0.2, -0.15) is 4.31 Å². The first-order valence-corrected chi connectivity index (χ1v) is 10.1. The predicted molar refractivity (Wildman–Crippen MR) is 88.8 cm³/mol. The highest BCUT2D eigenvalue weighted by Gasteiger charge is 2.52. The number of carboxylic acids is 1. The Bertz CT molecular complexity index is 717. The van der Waals surface area contributed by atoms with Crippen LogP contribution in [-0.4, -0.2) is 50.0 Å². The number of sulfonamides is 1. The Morgan fingerprint density at radius 3 is 2.87 bits per heavy atom. The van der Waals surface area contributed by atoms with E-state index >= 15 is 0 Å². The number of hydrogen-bond donors (Lipinski definition) is 2. The van der Waals surface area contributed by atoms with E-state index in [2.05, 4.69) is 5.32 Å². The molecule has 2 unspecified atom stereocenters. The third-order valence-electron chi connectivity index (χ3n) is 4.70. The Morgan fingerprint density at radius 2 is 2.26 bits per heavy atom. The summed E-state index contributed by atoms with van der Waals surface area (Å²) < 4.78 is 27.4. The molecule has 3 rings (SSSR count). The van der Waals surface area contributed by atoms with E-state index in [1.807, 2.05) is 0 Å². The van der Waals surface area contributed by atoms with Crippen molar-refractivity contribution >= 4 is 50.5 Å². The Kier molecular flexibility index (Phi) is 4.67. The highest BCUT2D eigenvalue weighted by atomic mass is 35.5. The third kappa shape index (κ3) is 3.12. The topological polar surface area (TPSA) is 86.7 Å². The first-order chi connectivity index (χ1) is 10.7. The van der Waals surface area contributed by atoms with E-state index in [1.54, 1.807) is 0 Å². The minimum absolute atomic E-state index is 0.0444. The van der Waals surface area contributed by atoms with Crippen LogP contribution in [0.5, 0.6) is 0 Å². The molecule has 0 bridgehead atoms. The molecule has 0 aromatic carbocycles. The molecule has 1 aromatic rings. The summed E-state index contributed by atoms with van der Waals surface area (Å²) in [5.41, 5.74) is -0.309. The van der Waals surface area contributed by atoms with Gasteiger partial charge in [-0.1, -0.05) is 23.2 Å². The summed E-state index contributed by atoms with van der Waals surface area (Å²) in [5, 5.41) is 12.4. The molecule has 2 fully saturated rings. The van der Waals surface area contributed by atoms with Crippen LogP contribution >= 0.6 is 34.5 Å². The van der Waals surface area contributed by atoms with Crippen LogP contribution in [0.2, 0.25) is 9.36 Å². The molecule has 0 radical (unpaired) electrons. The van der Waals surface area contributed by atoms with Crippen molar-refractivity contribution in [2.45, 2.75) is 17.1 Å². The predicted octanol–water partition coefficient (Wildman–Crippen LogP) is 2.13. The van der Waals surface area contributed by atoms with Gasteiger partial charge in [0.05, 0.1) is 5.02 Å². The molecule has 0 saturated carbocycles. The summed E-state index contributed by atoms with van der Waals surface area (Å²) in [6.45, 7) is 2.07. The van der Waals surface area contributed by atoms with Crippen LogP contribution in [0.3, 0.4) is 0 Å². The second kappa shape index (κ2) is 6.16. The molecule has 2 atom stereocenters. The maximum atomic E-state index is 12.8. The van der Waals surface area contributed by atoms with Crippen molar-refractivity contribution < 1.29 is 18.3 Å². The summed E-state index contributed by atoms with van der Waals surface area (Å²) >= 11 is 12.7. The van der Waals surface area contributed by atoms with Gasteiger partial charge in [0.2, 0.25) is 0 Å². The Hall–Kier alpha value is -0.380. The summed E-state index contributed by atoms with van der Waals surface area (Å²) in [5.74, 6) is -0.731. The summed E-state index contributed by atoms with van der Waals surface area (Å²) in [7, 11) is -3.65. The highest BCUT2D eigenvalue weighted by Crippen LogP contribution is 2.45. The minimum atomic E-state index is -3.65. The van der Waals surface area contributed by atoms with Gasteiger partial charge in [0.1, 0.15) is 8.55 Å². The molecule has 2 saturated heterocycles. The van der Waals surface area contributed by atoms with Gasteiger partial charge in [0.15, 0.2) is 0 Å². The molecule has 23 heavy (non-hydrogen) atoms. The fourth-order valence-corrected chi connectivity index (χ4v) is 7.07. The minimum Gasteiger partial charge on any atom is -0.481 e. The van der Waals surface area contributed by atoms with Gasteiger partial charge in [-0.15, -0.1) is 11.3 Å². The molecule has 1 aromatic heterocycles. The maximum Gasteiger partial charge on any atom is 0.303 e. The van der Waals surface area contributed by atoms with Gasteiger partial charge in [0.25, 0.3) is 10.0 Å². The lowest BCUT2D eigenvalue weighted by Gasteiger charge is -2.27. The van der Waals surface area contributed by atoms with Crippen LogP contribution in [0.15, 0.2) is 10.3 Å². The van der Waals surface area contributed by atoms with Crippen molar-refractivity contribution in [2.24, 2.45) is 11.3 Å². The van der Waals surface area contributed by atoms with Crippen molar-refractivity contribution in [1.29, 1.82) is 0 Å². The van der Waals surface area contributed by atoms with Crippen LogP contribution in [-0.2, 0) is 14.8 Å². The molecular formula is C13H16Cl2N2O4S2. The first kappa shape index (κ1) is 17.4. The summed E-state index contributed by atoms with van der Waals surface area (Å²) in [6.07, 6.45) is 0.515. The fraction of sp³-hybridized carbons (Fsp3) is 0.615. The smallest absolute Gasteiger partial charge is 0.303 e. The zero-order valence-electron chi connectivity index (χ0n) is 12.1. The Morgan fingerprint density at radius 1 is 1.52 bits per heavy atom. The lowest BCUT2D eigenvalue weighted by atomic mass is 9.77. The maximum absolute atomic E-state index is 12.8. The van der Waals surface area contributed by atoms with Crippen LogP contribution < -0.4 is 5.32 Å². The van der Waals surface area contributed by atoms with E-state index in [9.17, 15) is 13.2 Å². The lowest BCUT2D eigenvalue weighted by Crippen LogP contribution is -2.35. The molecule has 0 spiro atoms. The number of hydrogen-bond acceptors (Lipinski definition) is 5. The molecule has 6 nitrogen and oxygen atoms in total. The van der Waals surface area contributed by atoms with Crippen LogP contribution in [0.1, 0.15) is 12.8 Å². The van der Waals surface area contributed by atoms with E-state index < -0.39 is 16.0 Å². The van der Waals surface area contributed by atoms with Gasteiger partial charge in [-0.25, -0.2) is 8.42 Å². The standard InChI is InChI=1S/C13H16Cl2N2O4S2/c14-9-3-11(22-12(9)15)23(20,21)17-5-8-4-16-6-13(8,7-17)2-1-10(18)19/h3,8,16H,1-2,4-7H2,(H,18,19). The largest absolute Gasteiger partial charge is 0.481 e. The molecule has 10 heteroatoms. The number of aliphatic carboxylic acids is 1. The Labute approximate surface area is 148 Å². The number of halogens is 2. The van der Waals surface area contributed by atoms with Gasteiger partial charge >= 0.3 is 5.97 Å². The van der Waals surface area contributed by atoms with E-state index in [-0.39, 0.29) is 31.3 Å². The van der Waals surface area contributed by atoms with E-state index in [1.165, 1.54) is 10.4 Å². The van der Waals surface area contributed by atoms with Crippen molar-refractivity contribution in [3.8, 4) is 0 Å². The number of rotatable bonds is 5. The number of nitrogens with one attached hydrogen (secondary N) is 1. The van der Waals surface area contributed by atoms with Crippen LogP contribution in [0.25, 0.3) is 0 Å². The molecule has 0 amide bonds. The summed E-state index contributed by atoms with van der Waals surface area (Å²) in [4.78, 5) is 10.9. The molecule has 128 valence electrons. The van der Waals surface area contributed by atoms with Crippen molar-refractivity contribution in [1.82, 2.24) is 9.62 Å². The second-order valence-electron chi connectivity index (χ2n) is 6.07. The van der Waals surface area contributed by atoms with Gasteiger partial charge in [0, 0.05) is 31.5 Å². The molecule has 2 N–H and O–H groups in total. The normalized spacial score (nSPS) is 28.2. The molecule has 2 aliphatic rings. The number of fused-ring (bicyclic) bond motifs is 1. The summed E-state index contributed by atoms with van der Waals surface area (Å²) in [6, 6.07) is 1.38. The van der Waals surface area contributed by atoms with Gasteiger partial charge in [-0.3, -0.25) is 4.79 Å². The monoisotopic (exact) mass is 398 g/mol. The number of nitrogens with zero attached hydrogens (tertiary/aromatic N) is 1. The fourth-order valence-electron chi connectivity index (χ4n) is 3.45. The second-order valence-corrected chi connectivity index (χ2v) is 10.3. The third-order valence-corrected chi connectivity index (χ3v) is 8.83. The Balaban J connectivity index is 1.84. The average Bonchev–Trinajstić information content (AvgIpc) is 3.10. The van der Waals surface area contributed by atoms with E-state index in [0.29, 0.717) is 32.6 Å². The van der Waals surface area contributed by atoms with Crippen molar-refractivity contribution in [2.75, 3.05) is 26.2 Å². The van der Waals surface area contributed by atoms with Crippen molar-refractivity contribution in [3.63, 3.8) is 0 Å². The quantitative estimate of drug-likeness (QED) is 0.792.